The number of aliphatic hydroxyl groups excluding tert-OH is 1. The summed E-state index contributed by atoms with van der Waals surface area (Å²) in [6.07, 6.45) is 1.40. The van der Waals surface area contributed by atoms with E-state index < -0.39 is 6.10 Å². The van der Waals surface area contributed by atoms with Crippen molar-refractivity contribution in [2.45, 2.75) is 45.3 Å². The van der Waals surface area contributed by atoms with Gasteiger partial charge in [-0.2, -0.15) is 0 Å². The van der Waals surface area contributed by atoms with Gasteiger partial charge in [-0.1, -0.05) is 17.7 Å². The van der Waals surface area contributed by atoms with E-state index in [0.29, 0.717) is 12.8 Å². The molecule has 156 valence electrons. The summed E-state index contributed by atoms with van der Waals surface area (Å²) >= 11 is 0. The Labute approximate surface area is 166 Å². The molecule has 2 fully saturated rings. The molecule has 7 heteroatoms. The van der Waals surface area contributed by atoms with E-state index in [1.807, 2.05) is 4.90 Å². The summed E-state index contributed by atoms with van der Waals surface area (Å²) in [5.74, 6) is 0.218. The number of nitrogens with zero attached hydrogens (tertiary/aromatic N) is 2. The molecule has 1 saturated carbocycles. The fourth-order valence-corrected chi connectivity index (χ4v) is 4.18. The van der Waals surface area contributed by atoms with E-state index in [1.165, 1.54) is 16.8 Å². The first-order valence-electron chi connectivity index (χ1n) is 9.81. The number of benzene rings is 1. The van der Waals surface area contributed by atoms with Crippen LogP contribution < -0.4 is 4.90 Å². The first-order chi connectivity index (χ1) is 13.4. The third-order valence-electron chi connectivity index (χ3n) is 5.69. The van der Waals surface area contributed by atoms with Crippen LogP contribution >= 0.6 is 0 Å². The summed E-state index contributed by atoms with van der Waals surface area (Å²) in [6, 6.07) is 6.55. The van der Waals surface area contributed by atoms with Crippen LogP contribution in [-0.4, -0.2) is 73.0 Å². The van der Waals surface area contributed by atoms with Crippen molar-refractivity contribution in [2.24, 2.45) is 5.92 Å². The minimum atomic E-state index is -0.435. The lowest BCUT2D eigenvalue weighted by Crippen LogP contribution is -2.52. The van der Waals surface area contributed by atoms with Gasteiger partial charge >= 0.3 is 0 Å². The lowest BCUT2D eigenvalue weighted by atomic mass is 9.84. The molecule has 1 saturated heterocycles. The number of carbonyl (C=O) groups is 2. The molecular formula is C21H32N2O5. The van der Waals surface area contributed by atoms with Gasteiger partial charge in [0.15, 0.2) is 0 Å². The molecule has 2 aliphatic rings. The lowest BCUT2D eigenvalue weighted by Gasteiger charge is -2.40. The summed E-state index contributed by atoms with van der Waals surface area (Å²) in [6.45, 7) is 7.29. The maximum absolute atomic E-state index is 12.8. The number of amides is 1. The standard InChI is InChI=1S/C20H30N2O3.CH2O2/c1-14-4-6-17(15(2)12-14)21-8-10-22(11-9-21)20(24)16-5-7-18(23)19(13-16)25-3;2-1-3/h4,6,12,16,18-19,23H,5,7-11,13H2,1-3H3;1H,(H,2,3)/t16-,18+,19-;/m1./s1. The third-order valence-corrected chi connectivity index (χ3v) is 5.69. The minimum Gasteiger partial charge on any atom is -0.483 e. The predicted molar refractivity (Wildman–Crippen MR) is 108 cm³/mol. The van der Waals surface area contributed by atoms with Crippen molar-refractivity contribution in [1.29, 1.82) is 0 Å². The zero-order valence-electron chi connectivity index (χ0n) is 17.0. The minimum absolute atomic E-state index is 0.0130. The van der Waals surface area contributed by atoms with Crippen LogP contribution in [0.15, 0.2) is 18.2 Å². The number of piperazine rings is 1. The second-order valence-electron chi connectivity index (χ2n) is 7.56. The fraction of sp³-hybridized carbons (Fsp3) is 0.619. The third kappa shape index (κ3) is 5.45. The highest BCUT2D eigenvalue weighted by molar-refractivity contribution is 5.79. The Hall–Kier alpha value is -2.12. The van der Waals surface area contributed by atoms with E-state index in [-0.39, 0.29) is 24.4 Å². The van der Waals surface area contributed by atoms with E-state index >= 15 is 0 Å². The zero-order chi connectivity index (χ0) is 20.7. The van der Waals surface area contributed by atoms with Crippen LogP contribution in [0.3, 0.4) is 0 Å². The van der Waals surface area contributed by atoms with Crippen molar-refractivity contribution in [1.82, 2.24) is 4.90 Å². The summed E-state index contributed by atoms with van der Waals surface area (Å²) in [4.78, 5) is 25.6. The first-order valence-corrected chi connectivity index (χ1v) is 9.81. The molecule has 0 aromatic heterocycles. The lowest BCUT2D eigenvalue weighted by molar-refractivity contribution is -0.141. The summed E-state index contributed by atoms with van der Waals surface area (Å²) in [5.41, 5.74) is 3.85. The molecule has 1 aliphatic carbocycles. The van der Waals surface area contributed by atoms with Gasteiger partial charge in [-0.25, -0.2) is 0 Å². The van der Waals surface area contributed by atoms with Gasteiger partial charge in [0.2, 0.25) is 5.91 Å². The van der Waals surface area contributed by atoms with Crippen LogP contribution in [0.25, 0.3) is 0 Å². The molecule has 3 rings (SSSR count). The molecule has 0 unspecified atom stereocenters. The van der Waals surface area contributed by atoms with E-state index in [0.717, 1.165) is 32.6 Å². The highest BCUT2D eigenvalue weighted by Gasteiger charge is 2.35. The number of ether oxygens (including phenoxy) is 1. The van der Waals surface area contributed by atoms with Crippen LogP contribution in [0.4, 0.5) is 5.69 Å². The molecule has 0 radical (unpaired) electrons. The van der Waals surface area contributed by atoms with Crippen molar-refractivity contribution >= 4 is 18.1 Å². The number of carboxylic acid groups (broad SMARTS) is 1. The van der Waals surface area contributed by atoms with Crippen molar-refractivity contribution < 1.29 is 24.5 Å². The van der Waals surface area contributed by atoms with Gasteiger partial charge in [0, 0.05) is 44.9 Å². The number of aliphatic hydroxyl groups is 1. The van der Waals surface area contributed by atoms with Gasteiger partial charge in [-0.05, 0) is 44.7 Å². The Balaban J connectivity index is 0.000000878. The Morgan fingerprint density at radius 2 is 1.82 bits per heavy atom. The normalized spacial score (nSPS) is 24.9. The second kappa shape index (κ2) is 10.4. The molecule has 3 atom stereocenters. The van der Waals surface area contributed by atoms with E-state index in [4.69, 9.17) is 14.6 Å². The average Bonchev–Trinajstić information content (AvgIpc) is 2.69. The largest absolute Gasteiger partial charge is 0.483 e. The molecule has 28 heavy (non-hydrogen) atoms. The van der Waals surface area contributed by atoms with Gasteiger partial charge in [0.25, 0.3) is 6.47 Å². The molecule has 1 aromatic rings. The molecule has 2 N–H and O–H groups in total. The maximum Gasteiger partial charge on any atom is 0.290 e. The van der Waals surface area contributed by atoms with E-state index in [2.05, 4.69) is 36.9 Å². The number of anilines is 1. The van der Waals surface area contributed by atoms with Crippen molar-refractivity contribution in [3.05, 3.63) is 29.3 Å². The average molecular weight is 392 g/mol. The van der Waals surface area contributed by atoms with Crippen molar-refractivity contribution in [3.8, 4) is 0 Å². The number of aryl methyl sites for hydroxylation is 2. The summed E-state index contributed by atoms with van der Waals surface area (Å²) in [5, 5.41) is 16.8. The molecule has 1 amide bonds. The van der Waals surface area contributed by atoms with Crippen LogP contribution in [-0.2, 0) is 14.3 Å². The van der Waals surface area contributed by atoms with Crippen molar-refractivity contribution in [3.63, 3.8) is 0 Å². The number of methoxy groups -OCH3 is 1. The highest BCUT2D eigenvalue weighted by Crippen LogP contribution is 2.29. The van der Waals surface area contributed by atoms with Crippen molar-refractivity contribution in [2.75, 3.05) is 38.2 Å². The van der Waals surface area contributed by atoms with Crippen LogP contribution in [0, 0.1) is 19.8 Å². The maximum atomic E-state index is 12.8. The Morgan fingerprint density at radius 1 is 1.18 bits per heavy atom. The Morgan fingerprint density at radius 3 is 2.39 bits per heavy atom. The predicted octanol–water partition coefficient (Wildman–Crippen LogP) is 1.83. The highest BCUT2D eigenvalue weighted by atomic mass is 16.5. The van der Waals surface area contributed by atoms with E-state index in [9.17, 15) is 9.90 Å². The summed E-state index contributed by atoms with van der Waals surface area (Å²) in [7, 11) is 1.61. The Bertz CT molecular complexity index is 658. The Kier molecular flexibility index (Phi) is 8.26. The van der Waals surface area contributed by atoms with Crippen LogP contribution in [0.2, 0.25) is 0 Å². The van der Waals surface area contributed by atoms with Gasteiger partial charge in [0.1, 0.15) is 0 Å². The van der Waals surface area contributed by atoms with Gasteiger partial charge in [0.05, 0.1) is 12.2 Å². The topological polar surface area (TPSA) is 90.3 Å². The smallest absolute Gasteiger partial charge is 0.290 e. The van der Waals surface area contributed by atoms with E-state index in [1.54, 1.807) is 7.11 Å². The zero-order valence-corrected chi connectivity index (χ0v) is 17.0. The van der Waals surface area contributed by atoms with Gasteiger partial charge < -0.3 is 24.7 Å². The number of rotatable bonds is 3. The molecule has 7 nitrogen and oxygen atoms in total. The quantitative estimate of drug-likeness (QED) is 0.763. The molecule has 1 aromatic carbocycles. The fourth-order valence-electron chi connectivity index (χ4n) is 4.18. The SMILES string of the molecule is CO[C@@H]1C[C@H](C(=O)N2CCN(c3ccc(C)cc3C)CC2)CC[C@@H]1O.O=CO. The molecule has 1 aliphatic heterocycles. The van der Waals surface area contributed by atoms with Crippen LogP contribution in [0.1, 0.15) is 30.4 Å². The number of hydrogen-bond donors (Lipinski definition) is 2. The number of carbonyl (C=O) groups excluding carboxylic acids is 1. The molecule has 0 bridgehead atoms. The molecule has 0 spiro atoms. The molecule has 1 heterocycles. The first kappa shape index (κ1) is 22.2. The number of hydrogen-bond acceptors (Lipinski definition) is 5. The van der Waals surface area contributed by atoms with Gasteiger partial charge in [-0.3, -0.25) is 9.59 Å². The second-order valence-corrected chi connectivity index (χ2v) is 7.56. The monoisotopic (exact) mass is 392 g/mol. The molecular weight excluding hydrogens is 360 g/mol. The van der Waals surface area contributed by atoms with Crippen LogP contribution in [0.5, 0.6) is 0 Å². The van der Waals surface area contributed by atoms with Gasteiger partial charge in [-0.15, -0.1) is 0 Å². The summed E-state index contributed by atoms with van der Waals surface area (Å²) < 4.78 is 5.34.